The SMILES string of the molecule is Cc1nc(S[C@H]2CCCCN(C(=O)c3ccc(F)cc3)C2=O)oc1C. The van der Waals surface area contributed by atoms with Gasteiger partial charge in [-0.25, -0.2) is 9.37 Å². The van der Waals surface area contributed by atoms with Gasteiger partial charge in [-0.05, 0) is 51.0 Å². The second kappa shape index (κ2) is 7.39. The van der Waals surface area contributed by atoms with Crippen LogP contribution >= 0.6 is 11.8 Å². The molecule has 7 heteroatoms. The van der Waals surface area contributed by atoms with Crippen LogP contribution in [0.15, 0.2) is 33.9 Å². The molecule has 1 fully saturated rings. The van der Waals surface area contributed by atoms with Crippen LogP contribution < -0.4 is 0 Å². The Labute approximate surface area is 149 Å². The van der Waals surface area contributed by atoms with Crippen molar-refractivity contribution in [2.75, 3.05) is 6.54 Å². The van der Waals surface area contributed by atoms with Gasteiger partial charge in [0.25, 0.3) is 11.1 Å². The van der Waals surface area contributed by atoms with Crippen LogP contribution in [0.25, 0.3) is 0 Å². The topological polar surface area (TPSA) is 63.4 Å². The molecule has 0 saturated carbocycles. The van der Waals surface area contributed by atoms with E-state index in [1.165, 1.54) is 40.9 Å². The van der Waals surface area contributed by atoms with E-state index in [-0.39, 0.29) is 5.91 Å². The first-order chi connectivity index (χ1) is 12.0. The first kappa shape index (κ1) is 17.7. The third kappa shape index (κ3) is 3.92. The van der Waals surface area contributed by atoms with Gasteiger partial charge in [-0.15, -0.1) is 0 Å². The minimum absolute atomic E-state index is 0.245. The van der Waals surface area contributed by atoms with Crippen LogP contribution in [0, 0.1) is 19.7 Å². The first-order valence-electron chi connectivity index (χ1n) is 8.17. The number of rotatable bonds is 3. The Morgan fingerprint density at radius 3 is 2.64 bits per heavy atom. The molecular formula is C18H19FN2O3S. The molecule has 3 rings (SSSR count). The van der Waals surface area contributed by atoms with Crippen LogP contribution in [0.1, 0.15) is 41.1 Å². The summed E-state index contributed by atoms with van der Waals surface area (Å²) in [5.74, 6) is -0.327. The molecule has 5 nitrogen and oxygen atoms in total. The fourth-order valence-electron chi connectivity index (χ4n) is 2.68. The van der Waals surface area contributed by atoms with E-state index in [0.29, 0.717) is 23.8 Å². The van der Waals surface area contributed by atoms with E-state index in [9.17, 15) is 14.0 Å². The number of hydrogen-bond acceptors (Lipinski definition) is 5. The molecule has 1 saturated heterocycles. The number of hydrogen-bond donors (Lipinski definition) is 0. The number of nitrogens with zero attached hydrogens (tertiary/aromatic N) is 2. The van der Waals surface area contributed by atoms with Crippen molar-refractivity contribution in [1.82, 2.24) is 9.88 Å². The second-order valence-electron chi connectivity index (χ2n) is 6.03. The zero-order chi connectivity index (χ0) is 18.0. The molecule has 0 N–H and O–H groups in total. The number of aromatic nitrogens is 1. The van der Waals surface area contributed by atoms with Gasteiger partial charge in [0.05, 0.1) is 10.9 Å². The van der Waals surface area contributed by atoms with E-state index in [0.717, 1.165) is 24.3 Å². The number of halogens is 1. The summed E-state index contributed by atoms with van der Waals surface area (Å²) in [5.41, 5.74) is 1.10. The van der Waals surface area contributed by atoms with Crippen molar-refractivity contribution in [3.8, 4) is 0 Å². The molecule has 1 aliphatic rings. The Morgan fingerprint density at radius 2 is 2.00 bits per heavy atom. The summed E-state index contributed by atoms with van der Waals surface area (Å²) in [7, 11) is 0. The number of carbonyl (C=O) groups excluding carboxylic acids is 2. The van der Waals surface area contributed by atoms with Crippen molar-refractivity contribution in [3.63, 3.8) is 0 Å². The molecule has 1 aliphatic heterocycles. The summed E-state index contributed by atoms with van der Waals surface area (Å²) in [6.07, 6.45) is 2.26. The van der Waals surface area contributed by atoms with Crippen LogP contribution in [0.4, 0.5) is 4.39 Å². The first-order valence-corrected chi connectivity index (χ1v) is 9.05. The Morgan fingerprint density at radius 1 is 1.28 bits per heavy atom. The zero-order valence-corrected chi connectivity index (χ0v) is 14.9. The fraction of sp³-hybridized carbons (Fsp3) is 0.389. The summed E-state index contributed by atoms with van der Waals surface area (Å²) < 4.78 is 18.6. The van der Waals surface area contributed by atoms with E-state index in [1.54, 1.807) is 0 Å². The molecule has 0 bridgehead atoms. The largest absolute Gasteiger partial charge is 0.437 e. The van der Waals surface area contributed by atoms with Crippen LogP contribution in [0.2, 0.25) is 0 Å². The average molecular weight is 362 g/mol. The third-order valence-electron chi connectivity index (χ3n) is 4.23. The highest BCUT2D eigenvalue weighted by atomic mass is 32.2. The third-order valence-corrected chi connectivity index (χ3v) is 5.33. The predicted molar refractivity (Wildman–Crippen MR) is 91.9 cm³/mol. The van der Waals surface area contributed by atoms with Crippen molar-refractivity contribution in [2.24, 2.45) is 0 Å². The summed E-state index contributed by atoms with van der Waals surface area (Å²) in [5, 5.41) is 0.0359. The highest BCUT2D eigenvalue weighted by molar-refractivity contribution is 8.00. The van der Waals surface area contributed by atoms with Crippen LogP contribution in [-0.4, -0.2) is 33.5 Å². The van der Waals surface area contributed by atoms with Gasteiger partial charge < -0.3 is 4.42 Å². The van der Waals surface area contributed by atoms with Crippen LogP contribution in [0.3, 0.4) is 0 Å². The lowest BCUT2D eigenvalue weighted by atomic mass is 10.2. The Balaban J connectivity index is 1.78. The average Bonchev–Trinajstić information content (AvgIpc) is 2.79. The van der Waals surface area contributed by atoms with Crippen molar-refractivity contribution in [1.29, 1.82) is 0 Å². The van der Waals surface area contributed by atoms with Gasteiger partial charge in [0.15, 0.2) is 0 Å². The number of likely N-dealkylation sites (tertiary alicyclic amines) is 1. The summed E-state index contributed by atoms with van der Waals surface area (Å²) in [6, 6.07) is 5.25. The van der Waals surface area contributed by atoms with Crippen molar-refractivity contribution >= 4 is 23.6 Å². The van der Waals surface area contributed by atoms with Gasteiger partial charge in [0.2, 0.25) is 5.91 Å². The number of oxazole rings is 1. The molecular weight excluding hydrogens is 343 g/mol. The lowest BCUT2D eigenvalue weighted by molar-refractivity contribution is -0.127. The van der Waals surface area contributed by atoms with Gasteiger partial charge in [0, 0.05) is 12.1 Å². The molecule has 0 aliphatic carbocycles. The van der Waals surface area contributed by atoms with Crippen LogP contribution in [-0.2, 0) is 4.79 Å². The molecule has 1 aromatic carbocycles. The Hall–Kier alpha value is -2.15. The van der Waals surface area contributed by atoms with Crippen molar-refractivity contribution in [2.45, 2.75) is 43.6 Å². The lowest BCUT2D eigenvalue weighted by Crippen LogP contribution is -2.41. The summed E-state index contributed by atoms with van der Waals surface area (Å²) in [4.78, 5) is 31.1. The van der Waals surface area contributed by atoms with Crippen molar-refractivity contribution < 1.29 is 18.4 Å². The molecule has 2 aromatic rings. The van der Waals surface area contributed by atoms with Gasteiger partial charge in [-0.1, -0.05) is 18.2 Å². The molecule has 1 atom stereocenters. The lowest BCUT2D eigenvalue weighted by Gasteiger charge is -2.21. The Bertz CT molecular complexity index is 769. The van der Waals surface area contributed by atoms with Gasteiger partial charge >= 0.3 is 0 Å². The maximum absolute atomic E-state index is 13.1. The number of benzene rings is 1. The van der Waals surface area contributed by atoms with Crippen LogP contribution in [0.5, 0.6) is 0 Å². The maximum atomic E-state index is 13.1. The molecule has 1 aromatic heterocycles. The van der Waals surface area contributed by atoms with E-state index >= 15 is 0 Å². The van der Waals surface area contributed by atoms with E-state index in [1.807, 2.05) is 13.8 Å². The number of imide groups is 1. The molecule has 0 unspecified atom stereocenters. The minimum atomic E-state index is -0.415. The van der Waals surface area contributed by atoms with E-state index < -0.39 is 17.0 Å². The normalized spacial score (nSPS) is 18.3. The highest BCUT2D eigenvalue weighted by Crippen LogP contribution is 2.31. The van der Waals surface area contributed by atoms with Gasteiger partial charge in [0.1, 0.15) is 11.6 Å². The van der Waals surface area contributed by atoms with Crippen molar-refractivity contribution in [3.05, 3.63) is 47.1 Å². The molecule has 132 valence electrons. The standard InChI is InChI=1S/C18H19FN2O3S/c1-11-12(2)24-18(20-11)25-15-5-3-4-10-21(17(15)23)16(22)13-6-8-14(19)9-7-13/h6-9,15H,3-5,10H2,1-2H3/t15-/m0/s1. The summed E-state index contributed by atoms with van der Waals surface area (Å²) in [6.45, 7) is 4.05. The summed E-state index contributed by atoms with van der Waals surface area (Å²) >= 11 is 1.26. The van der Waals surface area contributed by atoms with E-state index in [4.69, 9.17) is 4.42 Å². The highest BCUT2D eigenvalue weighted by Gasteiger charge is 2.33. The minimum Gasteiger partial charge on any atom is -0.437 e. The fourth-order valence-corrected chi connectivity index (χ4v) is 3.80. The molecule has 0 spiro atoms. The number of aryl methyl sites for hydroxylation is 2. The molecule has 2 heterocycles. The molecule has 25 heavy (non-hydrogen) atoms. The number of carbonyl (C=O) groups is 2. The van der Waals surface area contributed by atoms with E-state index in [2.05, 4.69) is 4.98 Å². The molecule has 2 amide bonds. The maximum Gasteiger partial charge on any atom is 0.260 e. The predicted octanol–water partition coefficient (Wildman–Crippen LogP) is 3.74. The zero-order valence-electron chi connectivity index (χ0n) is 14.1. The van der Waals surface area contributed by atoms with Gasteiger partial charge in [-0.3, -0.25) is 14.5 Å². The smallest absolute Gasteiger partial charge is 0.260 e. The number of amides is 2. The quantitative estimate of drug-likeness (QED) is 0.778. The second-order valence-corrected chi connectivity index (χ2v) is 7.18. The van der Waals surface area contributed by atoms with Gasteiger partial charge in [-0.2, -0.15) is 0 Å². The Kier molecular flexibility index (Phi) is 5.22. The molecule has 0 radical (unpaired) electrons. The monoisotopic (exact) mass is 362 g/mol. The number of thioether (sulfide) groups is 1.